The summed E-state index contributed by atoms with van der Waals surface area (Å²) in [5, 5.41) is 3.00. The van der Waals surface area contributed by atoms with Gasteiger partial charge >= 0.3 is 6.18 Å². The number of nitrogens with two attached hydrogens (primary N) is 1. The fourth-order valence-electron chi connectivity index (χ4n) is 3.61. The average molecular weight is 430 g/mol. The smallest absolute Gasteiger partial charge is 0.384 e. The summed E-state index contributed by atoms with van der Waals surface area (Å²) in [6.07, 6.45) is -4.22. The quantitative estimate of drug-likeness (QED) is 0.588. The number of halogens is 4. The topological polar surface area (TPSA) is 71.2 Å². The molecular formula is C22H18F4N4O. The van der Waals surface area contributed by atoms with Crippen LogP contribution in [0.5, 0.6) is 0 Å². The summed E-state index contributed by atoms with van der Waals surface area (Å²) in [4.78, 5) is 18.5. The van der Waals surface area contributed by atoms with Crippen molar-refractivity contribution in [1.29, 1.82) is 0 Å². The Kier molecular flexibility index (Phi) is 5.26. The lowest BCUT2D eigenvalue weighted by molar-refractivity contribution is -0.139. The van der Waals surface area contributed by atoms with Crippen molar-refractivity contribution in [1.82, 2.24) is 9.88 Å². The molecule has 0 saturated carbocycles. The molecule has 160 valence electrons. The van der Waals surface area contributed by atoms with E-state index in [2.05, 4.69) is 10.3 Å². The highest BCUT2D eigenvalue weighted by Crippen LogP contribution is 2.34. The van der Waals surface area contributed by atoms with Crippen LogP contribution in [0.15, 0.2) is 54.6 Å². The van der Waals surface area contributed by atoms with E-state index in [1.54, 1.807) is 35.2 Å². The van der Waals surface area contributed by atoms with E-state index in [9.17, 15) is 22.4 Å². The number of carbonyl (C=O) groups excluding carboxylic acids is 1. The van der Waals surface area contributed by atoms with Crippen molar-refractivity contribution in [3.8, 4) is 0 Å². The Hall–Kier alpha value is -3.62. The van der Waals surface area contributed by atoms with Gasteiger partial charge in [-0.3, -0.25) is 4.79 Å². The van der Waals surface area contributed by atoms with Crippen LogP contribution in [-0.2, 0) is 19.1 Å². The summed E-state index contributed by atoms with van der Waals surface area (Å²) in [5.74, 6) is -1.31. The number of nitrogens with one attached hydrogen (secondary N) is 1. The second kappa shape index (κ2) is 7.90. The van der Waals surface area contributed by atoms with Crippen LogP contribution in [0.4, 0.5) is 34.8 Å². The first kappa shape index (κ1) is 20.6. The number of hydrogen-bond acceptors (Lipinski definition) is 4. The van der Waals surface area contributed by atoms with Crippen molar-refractivity contribution in [3.63, 3.8) is 0 Å². The van der Waals surface area contributed by atoms with Gasteiger partial charge in [0.25, 0.3) is 5.91 Å². The zero-order valence-corrected chi connectivity index (χ0v) is 16.2. The first-order chi connectivity index (χ1) is 14.7. The molecule has 2 aromatic carbocycles. The molecule has 3 N–H and O–H groups in total. The number of benzene rings is 2. The first-order valence-corrected chi connectivity index (χ1v) is 9.49. The lowest BCUT2D eigenvalue weighted by Crippen LogP contribution is -2.36. The Bertz CT molecular complexity index is 1150. The molecule has 31 heavy (non-hydrogen) atoms. The van der Waals surface area contributed by atoms with Crippen LogP contribution in [0.25, 0.3) is 0 Å². The zero-order chi connectivity index (χ0) is 22.2. The Morgan fingerprint density at radius 1 is 1.10 bits per heavy atom. The van der Waals surface area contributed by atoms with Crippen molar-refractivity contribution in [3.05, 3.63) is 82.8 Å². The van der Waals surface area contributed by atoms with E-state index in [4.69, 9.17) is 5.73 Å². The second-order valence-electron chi connectivity index (χ2n) is 7.19. The summed E-state index contributed by atoms with van der Waals surface area (Å²) in [6.45, 7) is 0.782. The third-order valence-electron chi connectivity index (χ3n) is 5.10. The number of aromatic nitrogens is 1. The molecule has 0 saturated heterocycles. The van der Waals surface area contributed by atoms with E-state index in [0.717, 1.165) is 17.2 Å². The van der Waals surface area contributed by atoms with Crippen molar-refractivity contribution < 1.29 is 22.4 Å². The normalized spacial score (nSPS) is 13.6. The van der Waals surface area contributed by atoms with Gasteiger partial charge in [0, 0.05) is 24.5 Å². The Morgan fingerprint density at radius 2 is 1.87 bits per heavy atom. The number of pyridine rings is 1. The number of fused-ring (bicyclic) bond motifs is 1. The zero-order valence-electron chi connectivity index (χ0n) is 16.2. The summed E-state index contributed by atoms with van der Waals surface area (Å²) < 4.78 is 52.2. The number of rotatable bonds is 3. The van der Waals surface area contributed by atoms with Gasteiger partial charge in [-0.1, -0.05) is 18.2 Å². The number of nitrogens with zero attached hydrogens (tertiary/aromatic N) is 2. The SMILES string of the molecule is Nc1cccc(C(=O)N2CCc3c(cccc3Nc3ccc(C(F)(F)F)c(F)c3)C2)n1. The molecule has 1 aromatic heterocycles. The van der Waals surface area contributed by atoms with Gasteiger partial charge in [-0.2, -0.15) is 13.2 Å². The molecule has 0 radical (unpaired) electrons. The Labute approximate surface area is 175 Å². The second-order valence-corrected chi connectivity index (χ2v) is 7.19. The first-order valence-electron chi connectivity index (χ1n) is 9.49. The molecule has 1 amide bonds. The summed E-state index contributed by atoms with van der Waals surface area (Å²) >= 11 is 0. The van der Waals surface area contributed by atoms with E-state index in [1.807, 2.05) is 6.07 Å². The molecular weight excluding hydrogens is 412 g/mol. The van der Waals surface area contributed by atoms with Crippen molar-refractivity contribution >= 4 is 23.1 Å². The standard InChI is InChI=1S/C22H18F4N4O/c23-17-11-14(7-8-16(17)22(24,25)26)28-18-4-1-3-13-12-30(10-9-15(13)18)21(31)19-5-2-6-20(27)29-19/h1-8,11,28H,9-10,12H2,(H2,27,29). The fourth-order valence-corrected chi connectivity index (χ4v) is 3.61. The molecule has 0 spiro atoms. The van der Waals surface area contributed by atoms with Gasteiger partial charge in [0.1, 0.15) is 17.3 Å². The van der Waals surface area contributed by atoms with Gasteiger partial charge in [0.15, 0.2) is 0 Å². The van der Waals surface area contributed by atoms with E-state index in [0.29, 0.717) is 31.3 Å². The summed E-state index contributed by atoms with van der Waals surface area (Å²) in [5.41, 5.74) is 7.30. The highest BCUT2D eigenvalue weighted by atomic mass is 19.4. The van der Waals surface area contributed by atoms with Crippen molar-refractivity contribution in [2.24, 2.45) is 0 Å². The van der Waals surface area contributed by atoms with Crippen LogP contribution in [0.2, 0.25) is 0 Å². The van der Waals surface area contributed by atoms with Crippen LogP contribution in [0.1, 0.15) is 27.2 Å². The maximum atomic E-state index is 13.9. The molecule has 3 aromatic rings. The highest BCUT2D eigenvalue weighted by molar-refractivity contribution is 5.92. The number of alkyl halides is 3. The number of amides is 1. The lowest BCUT2D eigenvalue weighted by atomic mass is 9.97. The van der Waals surface area contributed by atoms with Crippen LogP contribution in [0.3, 0.4) is 0 Å². The third-order valence-corrected chi connectivity index (χ3v) is 5.10. The van der Waals surface area contributed by atoms with E-state index in [-0.39, 0.29) is 23.1 Å². The van der Waals surface area contributed by atoms with Crippen LogP contribution in [0, 0.1) is 5.82 Å². The molecule has 0 atom stereocenters. The monoisotopic (exact) mass is 430 g/mol. The average Bonchev–Trinajstić information content (AvgIpc) is 2.72. The van der Waals surface area contributed by atoms with Gasteiger partial charge in [-0.25, -0.2) is 9.37 Å². The molecule has 0 bridgehead atoms. The minimum Gasteiger partial charge on any atom is -0.384 e. The van der Waals surface area contributed by atoms with Crippen LogP contribution in [-0.4, -0.2) is 22.3 Å². The van der Waals surface area contributed by atoms with Gasteiger partial charge in [0.2, 0.25) is 0 Å². The maximum absolute atomic E-state index is 13.9. The number of carbonyl (C=O) groups is 1. The minimum absolute atomic E-state index is 0.210. The van der Waals surface area contributed by atoms with Crippen molar-refractivity contribution in [2.75, 3.05) is 17.6 Å². The molecule has 5 nitrogen and oxygen atoms in total. The summed E-state index contributed by atoms with van der Waals surface area (Å²) in [6, 6.07) is 13.0. The molecule has 0 aliphatic carbocycles. The Morgan fingerprint density at radius 3 is 2.58 bits per heavy atom. The fraction of sp³-hybridized carbons (Fsp3) is 0.182. The van der Waals surface area contributed by atoms with Gasteiger partial charge in [0.05, 0.1) is 5.56 Å². The molecule has 0 fully saturated rings. The minimum atomic E-state index is -4.75. The van der Waals surface area contributed by atoms with Crippen molar-refractivity contribution in [2.45, 2.75) is 19.1 Å². The molecule has 2 heterocycles. The van der Waals surface area contributed by atoms with E-state index in [1.165, 1.54) is 6.07 Å². The Balaban J connectivity index is 1.55. The molecule has 0 unspecified atom stereocenters. The molecule has 1 aliphatic rings. The van der Waals surface area contributed by atoms with Gasteiger partial charge in [-0.05, 0) is 53.9 Å². The lowest BCUT2D eigenvalue weighted by Gasteiger charge is -2.30. The van der Waals surface area contributed by atoms with Crippen LogP contribution >= 0.6 is 0 Å². The predicted octanol–water partition coefficient (Wildman–Crippen LogP) is 4.76. The highest BCUT2D eigenvalue weighted by Gasteiger charge is 2.34. The molecule has 1 aliphatic heterocycles. The maximum Gasteiger partial charge on any atom is 0.419 e. The van der Waals surface area contributed by atoms with E-state index < -0.39 is 17.6 Å². The molecule has 9 heteroatoms. The largest absolute Gasteiger partial charge is 0.419 e. The number of anilines is 3. The van der Waals surface area contributed by atoms with Gasteiger partial charge < -0.3 is 16.0 Å². The number of nitrogen functional groups attached to an aromatic ring is 1. The molecule has 4 rings (SSSR count). The van der Waals surface area contributed by atoms with E-state index >= 15 is 0 Å². The predicted molar refractivity (Wildman–Crippen MR) is 108 cm³/mol. The van der Waals surface area contributed by atoms with Crippen LogP contribution < -0.4 is 11.1 Å². The summed E-state index contributed by atoms with van der Waals surface area (Å²) in [7, 11) is 0. The van der Waals surface area contributed by atoms with Gasteiger partial charge in [-0.15, -0.1) is 0 Å². The number of hydrogen-bond donors (Lipinski definition) is 2. The third kappa shape index (κ3) is 4.30.